The number of anilines is 1. The molecule has 144 valence electrons. The van der Waals surface area contributed by atoms with Crippen LogP contribution in [0.1, 0.15) is 25.0 Å². The highest BCUT2D eigenvalue weighted by atomic mass is 16.7. The number of rotatable bonds is 5. The van der Waals surface area contributed by atoms with Gasteiger partial charge in [0.2, 0.25) is 0 Å². The molecule has 0 aliphatic carbocycles. The van der Waals surface area contributed by atoms with Gasteiger partial charge in [-0.2, -0.15) is 5.26 Å². The molecule has 7 nitrogen and oxygen atoms in total. The van der Waals surface area contributed by atoms with Crippen LogP contribution < -0.4 is 10.5 Å². The Hall–Kier alpha value is -3.57. The first kappa shape index (κ1) is 18.8. The molecule has 1 saturated heterocycles. The van der Waals surface area contributed by atoms with E-state index in [1.165, 1.54) is 0 Å². The molecule has 3 aromatic rings. The fourth-order valence-corrected chi connectivity index (χ4v) is 3.05. The smallest absolute Gasteiger partial charge is 0.534 e. The Bertz CT molecular complexity index is 1040. The zero-order valence-corrected chi connectivity index (χ0v) is 16.3. The molecule has 1 aliphatic rings. The Balaban J connectivity index is 1.55. The number of nitriles is 1. The van der Waals surface area contributed by atoms with Gasteiger partial charge in [0.25, 0.3) is 0 Å². The first-order valence-corrected chi connectivity index (χ1v) is 9.21. The lowest BCUT2D eigenvalue weighted by Gasteiger charge is -2.25. The van der Waals surface area contributed by atoms with E-state index in [0.717, 1.165) is 16.7 Å². The average molecular weight is 385 g/mol. The second-order valence-electron chi connectivity index (χ2n) is 7.30. The van der Waals surface area contributed by atoms with Crippen molar-refractivity contribution < 1.29 is 9.31 Å². The van der Waals surface area contributed by atoms with Crippen molar-refractivity contribution in [2.75, 3.05) is 5.01 Å². The third-order valence-electron chi connectivity index (χ3n) is 4.89. The zero-order valence-electron chi connectivity index (χ0n) is 16.3. The molecule has 0 spiro atoms. The van der Waals surface area contributed by atoms with E-state index in [0.29, 0.717) is 17.9 Å². The predicted molar refractivity (Wildman–Crippen MR) is 110 cm³/mol. The fourth-order valence-electron chi connectivity index (χ4n) is 3.05. The summed E-state index contributed by atoms with van der Waals surface area (Å²) in [6.07, 6.45) is 3.28. The summed E-state index contributed by atoms with van der Waals surface area (Å²) in [7, 11) is -0.445. The topological polar surface area (TPSA) is 76.2 Å². The molecule has 0 bridgehead atoms. The van der Waals surface area contributed by atoms with Gasteiger partial charge < -0.3 is 9.31 Å². The van der Waals surface area contributed by atoms with E-state index in [1.807, 2.05) is 59.9 Å². The summed E-state index contributed by atoms with van der Waals surface area (Å²) in [5, 5.41) is 18.9. The van der Waals surface area contributed by atoms with E-state index in [-0.39, 0.29) is 0 Å². The Morgan fingerprint density at radius 1 is 1.10 bits per heavy atom. The summed E-state index contributed by atoms with van der Waals surface area (Å²) >= 11 is 0. The molecule has 0 unspecified atom stereocenters. The van der Waals surface area contributed by atoms with Crippen LogP contribution in [0.5, 0.6) is 0 Å². The lowest BCUT2D eigenvalue weighted by Crippen LogP contribution is -2.34. The molecular formula is C21H20BN5O2. The van der Waals surface area contributed by atoms with Gasteiger partial charge in [-0.1, -0.05) is 30.8 Å². The molecule has 1 fully saturated rings. The number of nitrogens with zero attached hydrogens (tertiary/aromatic N) is 5. The van der Waals surface area contributed by atoms with Gasteiger partial charge >= 0.3 is 7.12 Å². The number of benzene rings is 2. The van der Waals surface area contributed by atoms with Crippen molar-refractivity contribution in [1.29, 1.82) is 5.26 Å². The second kappa shape index (κ2) is 7.45. The average Bonchev–Trinajstić information content (AvgIpc) is 3.35. The van der Waals surface area contributed by atoms with Gasteiger partial charge in [-0.3, -0.25) is 5.01 Å². The van der Waals surface area contributed by atoms with E-state index < -0.39 is 12.7 Å². The molecule has 1 aromatic heterocycles. The van der Waals surface area contributed by atoms with Gasteiger partial charge in [-0.15, -0.1) is 10.2 Å². The number of hydrogen-bond acceptors (Lipinski definition) is 6. The molecule has 0 atom stereocenters. The summed E-state index contributed by atoms with van der Waals surface area (Å²) in [6, 6.07) is 17.6. The lowest BCUT2D eigenvalue weighted by molar-refractivity contribution is 0.173. The molecule has 0 amide bonds. The molecule has 4 rings (SSSR count). The second-order valence-corrected chi connectivity index (χ2v) is 7.30. The van der Waals surface area contributed by atoms with E-state index in [4.69, 9.17) is 14.6 Å². The first-order valence-electron chi connectivity index (χ1n) is 9.21. The van der Waals surface area contributed by atoms with Crippen molar-refractivity contribution in [2.24, 2.45) is 0 Å². The monoisotopic (exact) mass is 385 g/mol. The van der Waals surface area contributed by atoms with Crippen molar-refractivity contribution in [3.63, 3.8) is 0 Å². The van der Waals surface area contributed by atoms with Gasteiger partial charge in [-0.05, 0) is 49.1 Å². The Labute approximate surface area is 169 Å². The standard InChI is InChI=1S/C21H20BN5O2/c1-16-21(2,3)29-22(28-16)19-8-4-18(5-9-19)13-27(26-14-24-25-15-26)20-10-6-17(12-23)7-11-20/h4-11,14-15H,1,13H2,2-3H3. The maximum absolute atomic E-state index is 9.04. The quantitative estimate of drug-likeness (QED) is 0.629. The van der Waals surface area contributed by atoms with E-state index in [9.17, 15) is 0 Å². The molecule has 0 N–H and O–H groups in total. The first-order chi connectivity index (χ1) is 14.0. The van der Waals surface area contributed by atoms with E-state index >= 15 is 0 Å². The van der Waals surface area contributed by atoms with Gasteiger partial charge in [0.05, 0.1) is 29.6 Å². The van der Waals surface area contributed by atoms with Gasteiger partial charge in [0.1, 0.15) is 18.3 Å². The summed E-state index contributed by atoms with van der Waals surface area (Å²) in [6.45, 7) is 8.40. The lowest BCUT2D eigenvalue weighted by atomic mass is 9.79. The maximum Gasteiger partial charge on any atom is 0.563 e. The van der Waals surface area contributed by atoms with Gasteiger partial charge in [-0.25, -0.2) is 4.68 Å². The van der Waals surface area contributed by atoms with Crippen LogP contribution in [0.3, 0.4) is 0 Å². The molecule has 29 heavy (non-hydrogen) atoms. The Morgan fingerprint density at radius 2 is 1.76 bits per heavy atom. The van der Waals surface area contributed by atoms with Gasteiger partial charge in [0, 0.05) is 0 Å². The zero-order chi connectivity index (χ0) is 20.4. The highest BCUT2D eigenvalue weighted by Crippen LogP contribution is 2.29. The van der Waals surface area contributed by atoms with Gasteiger partial charge in [0.15, 0.2) is 0 Å². The minimum atomic E-state index is -0.496. The minimum Gasteiger partial charge on any atom is -0.534 e. The SMILES string of the molecule is C=C1OB(c2ccc(CN(c3ccc(C#N)cc3)n3cnnc3)cc2)OC1(C)C. The van der Waals surface area contributed by atoms with Crippen LogP contribution in [0.4, 0.5) is 5.69 Å². The largest absolute Gasteiger partial charge is 0.563 e. The van der Waals surface area contributed by atoms with E-state index in [1.54, 1.807) is 24.8 Å². The predicted octanol–water partition coefficient (Wildman–Crippen LogP) is 2.65. The van der Waals surface area contributed by atoms with Crippen molar-refractivity contribution in [1.82, 2.24) is 14.9 Å². The van der Waals surface area contributed by atoms with Crippen LogP contribution in [-0.2, 0) is 15.9 Å². The van der Waals surface area contributed by atoms with Crippen molar-refractivity contribution in [3.8, 4) is 6.07 Å². The number of aromatic nitrogens is 3. The van der Waals surface area contributed by atoms with Crippen molar-refractivity contribution in [3.05, 3.63) is 84.7 Å². The highest BCUT2D eigenvalue weighted by molar-refractivity contribution is 6.62. The maximum atomic E-state index is 9.04. The fraction of sp³-hybridized carbons (Fsp3) is 0.190. The molecular weight excluding hydrogens is 365 g/mol. The number of hydrogen-bond donors (Lipinski definition) is 0. The van der Waals surface area contributed by atoms with E-state index in [2.05, 4.69) is 22.8 Å². The summed E-state index contributed by atoms with van der Waals surface area (Å²) in [5.74, 6) is 0.631. The Morgan fingerprint density at radius 3 is 2.31 bits per heavy atom. The molecule has 0 saturated carbocycles. The molecule has 2 heterocycles. The van der Waals surface area contributed by atoms with Crippen LogP contribution in [-0.4, -0.2) is 27.6 Å². The van der Waals surface area contributed by atoms with Crippen molar-refractivity contribution >= 4 is 18.3 Å². The molecule has 1 aliphatic heterocycles. The van der Waals surface area contributed by atoms with Crippen LogP contribution >= 0.6 is 0 Å². The van der Waals surface area contributed by atoms with Crippen LogP contribution in [0.15, 0.2) is 73.5 Å². The molecule has 8 heteroatoms. The van der Waals surface area contributed by atoms with Crippen LogP contribution in [0.2, 0.25) is 0 Å². The van der Waals surface area contributed by atoms with Crippen LogP contribution in [0, 0.1) is 11.3 Å². The summed E-state index contributed by atoms with van der Waals surface area (Å²) < 4.78 is 13.5. The minimum absolute atomic E-state index is 0.445. The third kappa shape index (κ3) is 3.86. The highest BCUT2D eigenvalue weighted by Gasteiger charge is 2.42. The molecule has 2 aromatic carbocycles. The summed E-state index contributed by atoms with van der Waals surface area (Å²) in [4.78, 5) is 0. The van der Waals surface area contributed by atoms with Crippen LogP contribution in [0.25, 0.3) is 0 Å². The Kier molecular flexibility index (Phi) is 4.83. The third-order valence-corrected chi connectivity index (χ3v) is 4.89. The molecule has 0 radical (unpaired) electrons. The normalized spacial score (nSPS) is 15.1. The van der Waals surface area contributed by atoms with Crippen molar-refractivity contribution in [2.45, 2.75) is 26.0 Å². The summed E-state index contributed by atoms with van der Waals surface area (Å²) in [5.41, 5.74) is 3.07.